The molecule has 100 valence electrons. The molecule has 2 aromatic rings. The van der Waals surface area contributed by atoms with E-state index in [-0.39, 0.29) is 12.6 Å². The molecule has 0 fully saturated rings. The highest BCUT2D eigenvalue weighted by molar-refractivity contribution is 5.32. The number of hydrogen-bond acceptors (Lipinski definition) is 6. The summed E-state index contributed by atoms with van der Waals surface area (Å²) in [5.41, 5.74) is 6.79. The van der Waals surface area contributed by atoms with Crippen molar-refractivity contribution in [3.05, 3.63) is 35.7 Å². The smallest absolute Gasteiger partial charge is 0.230 e. The zero-order chi connectivity index (χ0) is 13.8. The number of aryl methyl sites for hydroxylation is 1. The van der Waals surface area contributed by atoms with E-state index >= 15 is 0 Å². The molecule has 0 bridgehead atoms. The fourth-order valence-electron chi connectivity index (χ4n) is 1.54. The van der Waals surface area contributed by atoms with Crippen LogP contribution in [0.4, 0.5) is 11.9 Å². The average molecular weight is 259 g/mol. The van der Waals surface area contributed by atoms with E-state index < -0.39 is 0 Å². The zero-order valence-electron chi connectivity index (χ0n) is 11.3. The number of nitrogen functional groups attached to an aromatic ring is 1. The van der Waals surface area contributed by atoms with E-state index in [0.717, 1.165) is 11.3 Å². The van der Waals surface area contributed by atoms with Gasteiger partial charge in [-0.1, -0.05) is 12.1 Å². The number of hydrogen-bond donors (Lipinski definition) is 1. The highest BCUT2D eigenvalue weighted by atomic mass is 16.5. The lowest BCUT2D eigenvalue weighted by Gasteiger charge is -2.12. The standard InChI is InChI=1S/C13H17N5O/c1-9-5-4-6-10(7-9)19-8-11-15-12(14)17-13(16-11)18(2)3/h4-7H,8H2,1-3H3,(H2,14,15,16,17). The van der Waals surface area contributed by atoms with Gasteiger partial charge in [0.05, 0.1) is 0 Å². The van der Waals surface area contributed by atoms with Crippen LogP contribution in [-0.2, 0) is 6.61 Å². The summed E-state index contributed by atoms with van der Waals surface area (Å²) in [6.45, 7) is 2.27. The molecule has 0 spiro atoms. The van der Waals surface area contributed by atoms with Crippen LogP contribution in [0.15, 0.2) is 24.3 Å². The van der Waals surface area contributed by atoms with Crippen molar-refractivity contribution >= 4 is 11.9 Å². The summed E-state index contributed by atoms with van der Waals surface area (Å²) >= 11 is 0. The van der Waals surface area contributed by atoms with Crippen molar-refractivity contribution in [2.45, 2.75) is 13.5 Å². The van der Waals surface area contributed by atoms with E-state index in [1.165, 1.54) is 0 Å². The van der Waals surface area contributed by atoms with Crippen molar-refractivity contribution < 1.29 is 4.74 Å². The molecule has 1 aromatic carbocycles. The van der Waals surface area contributed by atoms with Crippen molar-refractivity contribution in [1.29, 1.82) is 0 Å². The Kier molecular flexibility index (Phi) is 3.79. The molecule has 6 heteroatoms. The van der Waals surface area contributed by atoms with Crippen LogP contribution < -0.4 is 15.4 Å². The molecule has 0 amide bonds. The van der Waals surface area contributed by atoms with Gasteiger partial charge in [0, 0.05) is 14.1 Å². The summed E-state index contributed by atoms with van der Waals surface area (Å²) in [6.07, 6.45) is 0. The molecule has 1 aromatic heterocycles. The zero-order valence-corrected chi connectivity index (χ0v) is 11.3. The van der Waals surface area contributed by atoms with Crippen LogP contribution >= 0.6 is 0 Å². The minimum Gasteiger partial charge on any atom is -0.486 e. The number of benzene rings is 1. The first-order chi connectivity index (χ1) is 9.04. The number of aromatic nitrogens is 3. The Bertz CT molecular complexity index is 571. The monoisotopic (exact) mass is 259 g/mol. The van der Waals surface area contributed by atoms with Crippen LogP contribution in [0.2, 0.25) is 0 Å². The van der Waals surface area contributed by atoms with Gasteiger partial charge in [0.15, 0.2) is 5.82 Å². The second-order valence-electron chi connectivity index (χ2n) is 4.41. The van der Waals surface area contributed by atoms with E-state index in [0.29, 0.717) is 11.8 Å². The molecule has 1 heterocycles. The molecule has 0 aliphatic heterocycles. The second kappa shape index (κ2) is 5.51. The summed E-state index contributed by atoms with van der Waals surface area (Å²) in [4.78, 5) is 14.1. The lowest BCUT2D eigenvalue weighted by atomic mass is 10.2. The Morgan fingerprint density at radius 2 is 2.00 bits per heavy atom. The largest absolute Gasteiger partial charge is 0.486 e. The Balaban J connectivity index is 2.11. The molecule has 0 aliphatic carbocycles. The first-order valence-corrected chi connectivity index (χ1v) is 5.92. The van der Waals surface area contributed by atoms with E-state index in [1.54, 1.807) is 4.90 Å². The summed E-state index contributed by atoms with van der Waals surface area (Å²) in [7, 11) is 3.69. The normalized spacial score (nSPS) is 10.3. The van der Waals surface area contributed by atoms with Gasteiger partial charge in [-0.2, -0.15) is 15.0 Å². The fourth-order valence-corrected chi connectivity index (χ4v) is 1.54. The van der Waals surface area contributed by atoms with Gasteiger partial charge < -0.3 is 15.4 Å². The highest BCUT2D eigenvalue weighted by Crippen LogP contribution is 2.14. The summed E-state index contributed by atoms with van der Waals surface area (Å²) in [5.74, 6) is 2.01. The summed E-state index contributed by atoms with van der Waals surface area (Å²) in [5, 5.41) is 0. The topological polar surface area (TPSA) is 77.2 Å². The number of rotatable bonds is 4. The molecule has 0 aliphatic rings. The molecule has 19 heavy (non-hydrogen) atoms. The quantitative estimate of drug-likeness (QED) is 0.894. The first-order valence-electron chi connectivity index (χ1n) is 5.92. The lowest BCUT2D eigenvalue weighted by molar-refractivity contribution is 0.295. The lowest BCUT2D eigenvalue weighted by Crippen LogP contribution is -2.16. The minimum absolute atomic E-state index is 0.196. The van der Waals surface area contributed by atoms with E-state index in [9.17, 15) is 0 Å². The van der Waals surface area contributed by atoms with Crippen molar-refractivity contribution in [3.63, 3.8) is 0 Å². The minimum atomic E-state index is 0.196. The van der Waals surface area contributed by atoms with Gasteiger partial charge in [0.1, 0.15) is 12.4 Å². The maximum absolute atomic E-state index is 5.65. The molecule has 0 saturated heterocycles. The molecule has 2 rings (SSSR count). The van der Waals surface area contributed by atoms with Crippen LogP contribution in [0, 0.1) is 6.92 Å². The van der Waals surface area contributed by atoms with Gasteiger partial charge >= 0.3 is 0 Å². The van der Waals surface area contributed by atoms with Gasteiger partial charge in [-0.05, 0) is 24.6 Å². The average Bonchev–Trinajstić information content (AvgIpc) is 2.36. The number of nitrogens with zero attached hydrogens (tertiary/aromatic N) is 4. The van der Waals surface area contributed by atoms with Crippen molar-refractivity contribution in [2.75, 3.05) is 24.7 Å². The molecule has 0 radical (unpaired) electrons. The van der Waals surface area contributed by atoms with Crippen LogP contribution in [-0.4, -0.2) is 29.0 Å². The van der Waals surface area contributed by atoms with Crippen molar-refractivity contribution in [2.24, 2.45) is 0 Å². The van der Waals surface area contributed by atoms with Crippen molar-refractivity contribution in [1.82, 2.24) is 15.0 Å². The second-order valence-corrected chi connectivity index (χ2v) is 4.41. The molecule has 0 saturated carbocycles. The van der Waals surface area contributed by atoms with Gasteiger partial charge in [-0.15, -0.1) is 0 Å². The van der Waals surface area contributed by atoms with Crippen LogP contribution in [0.25, 0.3) is 0 Å². The summed E-state index contributed by atoms with van der Waals surface area (Å²) < 4.78 is 5.64. The third-order valence-corrected chi connectivity index (χ3v) is 2.44. The maximum Gasteiger partial charge on any atom is 0.230 e. The molecule has 2 N–H and O–H groups in total. The highest BCUT2D eigenvalue weighted by Gasteiger charge is 2.06. The van der Waals surface area contributed by atoms with Gasteiger partial charge in [0.25, 0.3) is 0 Å². The molecular formula is C13H17N5O. The van der Waals surface area contributed by atoms with Crippen LogP contribution in [0.5, 0.6) is 5.75 Å². The Hall–Kier alpha value is -2.37. The number of nitrogens with two attached hydrogens (primary N) is 1. The van der Waals surface area contributed by atoms with Crippen molar-refractivity contribution in [3.8, 4) is 5.75 Å². The predicted octanol–water partition coefficient (Wildman–Crippen LogP) is 1.41. The van der Waals surface area contributed by atoms with Gasteiger partial charge in [-0.3, -0.25) is 0 Å². The Morgan fingerprint density at radius 1 is 1.21 bits per heavy atom. The number of anilines is 2. The van der Waals surface area contributed by atoms with Gasteiger partial charge in [0.2, 0.25) is 11.9 Å². The van der Waals surface area contributed by atoms with Gasteiger partial charge in [-0.25, -0.2) is 0 Å². The molecule has 0 atom stereocenters. The van der Waals surface area contributed by atoms with E-state index in [1.807, 2.05) is 45.3 Å². The maximum atomic E-state index is 5.65. The molecule has 0 unspecified atom stereocenters. The predicted molar refractivity (Wildman–Crippen MR) is 74.1 cm³/mol. The SMILES string of the molecule is Cc1cccc(OCc2nc(N)nc(N(C)C)n2)c1. The summed E-state index contributed by atoms with van der Waals surface area (Å²) in [6, 6.07) is 7.80. The number of ether oxygens (including phenoxy) is 1. The molecular weight excluding hydrogens is 242 g/mol. The molecule has 6 nitrogen and oxygen atoms in total. The third kappa shape index (κ3) is 3.54. The van der Waals surface area contributed by atoms with Crippen LogP contribution in [0.1, 0.15) is 11.4 Å². The first kappa shape index (κ1) is 13.1. The van der Waals surface area contributed by atoms with Crippen LogP contribution in [0.3, 0.4) is 0 Å². The van der Waals surface area contributed by atoms with E-state index in [4.69, 9.17) is 10.5 Å². The third-order valence-electron chi connectivity index (χ3n) is 2.44. The van der Waals surface area contributed by atoms with E-state index in [2.05, 4.69) is 15.0 Å². The Labute approximate surface area is 112 Å². The Morgan fingerprint density at radius 3 is 2.68 bits per heavy atom. The fraction of sp³-hybridized carbons (Fsp3) is 0.308.